The number of hydrogen-bond donors (Lipinski definition) is 2. The van der Waals surface area contributed by atoms with E-state index in [0.717, 1.165) is 52.1 Å². The monoisotopic (exact) mass is 544 g/mol. The minimum absolute atomic E-state index is 0.324. The van der Waals surface area contributed by atoms with Crippen molar-refractivity contribution in [2.75, 3.05) is 28.6 Å². The maximum Gasteiger partial charge on any atom is 0.416 e. The highest BCUT2D eigenvalue weighted by atomic mass is 19.4. The maximum absolute atomic E-state index is 13.1. The van der Waals surface area contributed by atoms with Gasteiger partial charge in [0.2, 0.25) is 5.95 Å². The van der Waals surface area contributed by atoms with Crippen molar-refractivity contribution in [1.82, 2.24) is 19.5 Å². The number of benzene rings is 1. The lowest BCUT2D eigenvalue weighted by atomic mass is 9.93. The number of anilines is 4. The Labute approximate surface area is 227 Å². The summed E-state index contributed by atoms with van der Waals surface area (Å²) in [5, 5.41) is 5.91. The number of alkyl halides is 3. The predicted octanol–water partition coefficient (Wildman–Crippen LogP) is 5.31. The molecule has 2 aliphatic heterocycles. The van der Waals surface area contributed by atoms with E-state index in [-0.39, 0.29) is 5.69 Å². The Kier molecular flexibility index (Phi) is 6.09. The van der Waals surface area contributed by atoms with E-state index in [9.17, 15) is 18.0 Å². The molecule has 0 spiro atoms. The number of aryl methyl sites for hydroxylation is 2. The predicted molar refractivity (Wildman–Crippen MR) is 147 cm³/mol. The molecule has 0 aliphatic carbocycles. The average Bonchev–Trinajstić information content (AvgIpc) is 3.59. The fourth-order valence-corrected chi connectivity index (χ4v) is 4.72. The van der Waals surface area contributed by atoms with Crippen LogP contribution in [0.5, 0.6) is 0 Å². The van der Waals surface area contributed by atoms with Gasteiger partial charge in [-0.05, 0) is 48.4 Å². The number of carbonyl (C=O) groups excluding carboxylic acids is 1. The van der Waals surface area contributed by atoms with Crippen LogP contribution in [0.25, 0.3) is 11.6 Å². The van der Waals surface area contributed by atoms with Crippen molar-refractivity contribution in [1.29, 1.82) is 0 Å². The Morgan fingerprint density at radius 1 is 1.05 bits per heavy atom. The van der Waals surface area contributed by atoms with Gasteiger partial charge in [-0.1, -0.05) is 6.07 Å². The van der Waals surface area contributed by atoms with Crippen molar-refractivity contribution in [3.63, 3.8) is 0 Å². The number of halogens is 3. The number of pyridine rings is 2. The minimum atomic E-state index is -4.57. The van der Waals surface area contributed by atoms with Crippen molar-refractivity contribution < 1.29 is 18.0 Å². The summed E-state index contributed by atoms with van der Waals surface area (Å²) in [6, 6.07) is 8.87. The first-order chi connectivity index (χ1) is 19.2. The lowest BCUT2D eigenvalue weighted by Gasteiger charge is -2.29. The van der Waals surface area contributed by atoms with Crippen LogP contribution < -0.4 is 15.5 Å². The van der Waals surface area contributed by atoms with Gasteiger partial charge in [-0.3, -0.25) is 14.8 Å². The molecule has 202 valence electrons. The fourth-order valence-electron chi connectivity index (χ4n) is 4.72. The van der Waals surface area contributed by atoms with Crippen LogP contribution in [0.2, 0.25) is 0 Å². The van der Waals surface area contributed by atoms with Crippen molar-refractivity contribution in [3.8, 4) is 0 Å². The molecule has 0 atom stereocenters. The van der Waals surface area contributed by atoms with Gasteiger partial charge in [0, 0.05) is 61.3 Å². The molecule has 12 heteroatoms. The molecular weight excluding hydrogens is 521 g/mol. The second-order valence-corrected chi connectivity index (χ2v) is 9.44. The summed E-state index contributed by atoms with van der Waals surface area (Å²) in [5.74, 6) is 1.39. The topological polar surface area (TPSA) is 100 Å². The van der Waals surface area contributed by atoms with Gasteiger partial charge < -0.3 is 20.1 Å². The summed E-state index contributed by atoms with van der Waals surface area (Å²) < 4.78 is 41.2. The standard InChI is InChI=1S/C28H23F3N8O/c1-16-3-4-19(36-26(40)22-12-18(5-6-32-22)28(29,30)31)13-20(16)21-11-17-15-35-24(37-27-34-7-9-38(27)2)14-23(17)39-10-8-33-25(21)39/h3-7,9,11-15H,8,10H2,1-2H3,(H,36,40)(H,34,35,37). The van der Waals surface area contributed by atoms with Gasteiger partial charge in [0.15, 0.2) is 0 Å². The van der Waals surface area contributed by atoms with Crippen molar-refractivity contribution in [3.05, 3.63) is 89.1 Å². The van der Waals surface area contributed by atoms with Crippen LogP contribution in [0, 0.1) is 6.92 Å². The largest absolute Gasteiger partial charge is 0.416 e. The zero-order valence-corrected chi connectivity index (χ0v) is 21.5. The van der Waals surface area contributed by atoms with E-state index in [0.29, 0.717) is 30.5 Å². The molecule has 2 N–H and O–H groups in total. The van der Waals surface area contributed by atoms with Gasteiger partial charge in [0.25, 0.3) is 5.91 Å². The molecule has 1 amide bonds. The summed E-state index contributed by atoms with van der Waals surface area (Å²) >= 11 is 0. The molecule has 2 aliphatic rings. The second-order valence-electron chi connectivity index (χ2n) is 9.44. The van der Waals surface area contributed by atoms with E-state index in [4.69, 9.17) is 4.99 Å². The van der Waals surface area contributed by atoms with E-state index in [1.807, 2.05) is 42.9 Å². The van der Waals surface area contributed by atoms with Crippen molar-refractivity contribution in [2.24, 2.45) is 12.0 Å². The summed E-state index contributed by atoms with van der Waals surface area (Å²) in [4.78, 5) is 32.3. The first kappa shape index (κ1) is 25.3. The number of hydrogen-bond acceptors (Lipinski definition) is 7. The molecule has 4 aromatic rings. The molecule has 0 bridgehead atoms. The molecule has 0 saturated carbocycles. The summed E-state index contributed by atoms with van der Waals surface area (Å²) in [6.45, 7) is 3.26. The molecule has 0 saturated heterocycles. The Hall–Kier alpha value is -5.00. The number of imidazole rings is 1. The molecular formula is C28H23F3N8O. The third-order valence-electron chi connectivity index (χ3n) is 6.75. The number of carbonyl (C=O) groups is 1. The normalized spacial score (nSPS) is 14.3. The third-order valence-corrected chi connectivity index (χ3v) is 6.75. The van der Waals surface area contributed by atoms with Crippen LogP contribution >= 0.6 is 0 Å². The number of nitrogens with zero attached hydrogens (tertiary/aromatic N) is 6. The fraction of sp³-hybridized carbons (Fsp3) is 0.179. The van der Waals surface area contributed by atoms with E-state index in [2.05, 4.69) is 30.5 Å². The number of fused-ring (bicyclic) bond motifs is 3. The highest BCUT2D eigenvalue weighted by Gasteiger charge is 2.32. The summed E-state index contributed by atoms with van der Waals surface area (Å²) in [6.07, 6.45) is 3.75. The van der Waals surface area contributed by atoms with Crippen molar-refractivity contribution >= 4 is 46.5 Å². The first-order valence-electron chi connectivity index (χ1n) is 12.4. The van der Waals surface area contributed by atoms with Crippen LogP contribution in [0.15, 0.2) is 66.2 Å². The Bertz CT molecular complexity index is 1710. The molecule has 1 aromatic carbocycles. The van der Waals surface area contributed by atoms with Gasteiger partial charge in [-0.2, -0.15) is 13.2 Å². The first-order valence-corrected chi connectivity index (χ1v) is 12.4. The van der Waals surface area contributed by atoms with Gasteiger partial charge in [-0.15, -0.1) is 0 Å². The molecule has 0 fully saturated rings. The van der Waals surface area contributed by atoms with Gasteiger partial charge in [0.05, 0.1) is 17.8 Å². The van der Waals surface area contributed by atoms with Gasteiger partial charge in [-0.25, -0.2) is 9.97 Å². The van der Waals surface area contributed by atoms with Crippen LogP contribution in [-0.2, 0) is 13.2 Å². The molecule has 5 heterocycles. The number of nitrogens with one attached hydrogen (secondary N) is 2. The third kappa shape index (κ3) is 4.68. The minimum Gasteiger partial charge on any atom is -0.324 e. The molecule has 6 rings (SSSR count). The molecule has 0 unspecified atom stereocenters. The molecule has 40 heavy (non-hydrogen) atoms. The SMILES string of the molecule is Cc1ccc(NC(=O)c2cc(C(F)(F)F)ccn2)cc1C1=Cc2cnc(Nc3nccn3C)cc2N2CCN=C12. The van der Waals surface area contributed by atoms with Crippen LogP contribution in [-0.4, -0.2) is 44.4 Å². The smallest absolute Gasteiger partial charge is 0.324 e. The molecule has 9 nitrogen and oxygen atoms in total. The number of rotatable bonds is 5. The molecule has 0 radical (unpaired) electrons. The quantitative estimate of drug-likeness (QED) is 0.354. The van der Waals surface area contributed by atoms with Crippen LogP contribution in [0.4, 0.5) is 36.3 Å². The molecule has 3 aromatic heterocycles. The zero-order valence-electron chi connectivity index (χ0n) is 21.5. The Morgan fingerprint density at radius 3 is 2.67 bits per heavy atom. The van der Waals surface area contributed by atoms with E-state index in [1.165, 1.54) is 0 Å². The lowest BCUT2D eigenvalue weighted by Crippen LogP contribution is -2.31. The summed E-state index contributed by atoms with van der Waals surface area (Å²) in [5.41, 5.74) is 3.68. The zero-order chi connectivity index (χ0) is 28.0. The Balaban J connectivity index is 1.31. The van der Waals surface area contributed by atoms with E-state index < -0.39 is 17.6 Å². The highest BCUT2D eigenvalue weighted by Crippen LogP contribution is 2.38. The average molecular weight is 545 g/mol. The number of amidine groups is 1. The van der Waals surface area contributed by atoms with E-state index >= 15 is 0 Å². The highest BCUT2D eigenvalue weighted by molar-refractivity contribution is 6.36. The van der Waals surface area contributed by atoms with Gasteiger partial charge in [0.1, 0.15) is 17.3 Å². The van der Waals surface area contributed by atoms with Gasteiger partial charge >= 0.3 is 6.18 Å². The second kappa shape index (κ2) is 9.63. The lowest BCUT2D eigenvalue weighted by molar-refractivity contribution is -0.137. The van der Waals surface area contributed by atoms with Crippen molar-refractivity contribution in [2.45, 2.75) is 13.1 Å². The van der Waals surface area contributed by atoms with Crippen LogP contribution in [0.3, 0.4) is 0 Å². The maximum atomic E-state index is 13.1. The van der Waals surface area contributed by atoms with Crippen LogP contribution in [0.1, 0.15) is 32.7 Å². The Morgan fingerprint density at radius 2 is 1.90 bits per heavy atom. The summed E-state index contributed by atoms with van der Waals surface area (Å²) in [7, 11) is 1.89. The van der Waals surface area contributed by atoms with E-state index in [1.54, 1.807) is 24.5 Å². The number of aliphatic imine (C=N–C) groups is 1. The number of amides is 1. The number of aromatic nitrogens is 4.